The number of amides is 1. The Morgan fingerprint density at radius 2 is 1.84 bits per heavy atom. The third-order valence-corrected chi connectivity index (χ3v) is 2.62. The summed E-state index contributed by atoms with van der Waals surface area (Å²) in [7, 11) is 0. The van der Waals surface area contributed by atoms with E-state index in [4.69, 9.17) is 5.26 Å². The SMILES string of the molecule is N#Cc1ccccc1CC(=O)Nc1ccc(F)cc1. The monoisotopic (exact) mass is 254 g/mol. The van der Waals surface area contributed by atoms with Crippen molar-refractivity contribution in [3.63, 3.8) is 0 Å². The van der Waals surface area contributed by atoms with Gasteiger partial charge in [0.15, 0.2) is 0 Å². The van der Waals surface area contributed by atoms with Crippen LogP contribution in [-0.4, -0.2) is 5.91 Å². The van der Waals surface area contributed by atoms with Gasteiger partial charge >= 0.3 is 0 Å². The molecule has 4 heteroatoms. The minimum atomic E-state index is -0.354. The van der Waals surface area contributed by atoms with Crippen molar-refractivity contribution in [1.29, 1.82) is 5.26 Å². The Hall–Kier alpha value is -2.67. The van der Waals surface area contributed by atoms with Crippen molar-refractivity contribution in [1.82, 2.24) is 0 Å². The molecular formula is C15H11FN2O. The largest absolute Gasteiger partial charge is 0.326 e. The predicted octanol–water partition coefficient (Wildman–Crippen LogP) is 2.88. The number of hydrogen-bond donors (Lipinski definition) is 1. The first-order chi connectivity index (χ1) is 9.19. The molecule has 0 unspecified atom stereocenters. The highest BCUT2D eigenvalue weighted by atomic mass is 19.1. The van der Waals surface area contributed by atoms with Crippen molar-refractivity contribution in [2.75, 3.05) is 5.32 Å². The minimum Gasteiger partial charge on any atom is -0.326 e. The summed E-state index contributed by atoms with van der Waals surface area (Å²) in [6.07, 6.45) is 0.112. The number of nitrogens with zero attached hydrogens (tertiary/aromatic N) is 1. The fourth-order valence-electron chi connectivity index (χ4n) is 1.69. The van der Waals surface area contributed by atoms with Crippen LogP contribution in [-0.2, 0) is 11.2 Å². The Morgan fingerprint density at radius 3 is 2.53 bits per heavy atom. The van der Waals surface area contributed by atoms with Crippen LogP contribution in [0.25, 0.3) is 0 Å². The summed E-state index contributed by atoms with van der Waals surface area (Å²) in [6, 6.07) is 14.5. The first-order valence-electron chi connectivity index (χ1n) is 5.72. The fourth-order valence-corrected chi connectivity index (χ4v) is 1.69. The quantitative estimate of drug-likeness (QED) is 0.915. The lowest BCUT2D eigenvalue weighted by Gasteiger charge is -2.06. The minimum absolute atomic E-state index is 0.112. The summed E-state index contributed by atoms with van der Waals surface area (Å²) in [5.41, 5.74) is 1.68. The number of anilines is 1. The maximum absolute atomic E-state index is 12.7. The number of carbonyl (C=O) groups is 1. The Labute approximate surface area is 110 Å². The van der Waals surface area contributed by atoms with E-state index in [9.17, 15) is 9.18 Å². The molecule has 0 aliphatic heterocycles. The standard InChI is InChI=1S/C15H11FN2O/c16-13-5-7-14(8-6-13)18-15(19)9-11-3-1-2-4-12(11)10-17/h1-8H,9H2,(H,18,19). The van der Waals surface area contributed by atoms with Gasteiger partial charge in [0.2, 0.25) is 5.91 Å². The van der Waals surface area contributed by atoms with Gasteiger partial charge in [-0.1, -0.05) is 18.2 Å². The Morgan fingerprint density at radius 1 is 1.16 bits per heavy atom. The highest BCUT2D eigenvalue weighted by molar-refractivity contribution is 5.92. The van der Waals surface area contributed by atoms with E-state index >= 15 is 0 Å². The van der Waals surface area contributed by atoms with Crippen molar-refractivity contribution < 1.29 is 9.18 Å². The molecule has 0 bridgehead atoms. The molecule has 2 aromatic rings. The summed E-state index contributed by atoms with van der Waals surface area (Å²) in [5.74, 6) is -0.595. The number of carbonyl (C=O) groups excluding carboxylic acids is 1. The normalized spacial score (nSPS) is 9.68. The summed E-state index contributed by atoms with van der Waals surface area (Å²) < 4.78 is 12.7. The summed E-state index contributed by atoms with van der Waals surface area (Å²) in [6.45, 7) is 0. The second kappa shape index (κ2) is 5.78. The maximum atomic E-state index is 12.7. The van der Waals surface area contributed by atoms with Crippen LogP contribution in [0.15, 0.2) is 48.5 Å². The van der Waals surface area contributed by atoms with Crippen LogP contribution in [0.5, 0.6) is 0 Å². The smallest absolute Gasteiger partial charge is 0.228 e. The molecule has 0 saturated carbocycles. The van der Waals surface area contributed by atoms with Gasteiger partial charge in [0.05, 0.1) is 18.1 Å². The Bertz CT molecular complexity index is 629. The molecule has 0 aliphatic carbocycles. The van der Waals surface area contributed by atoms with Crippen LogP contribution < -0.4 is 5.32 Å². The van der Waals surface area contributed by atoms with Gasteiger partial charge in [0.1, 0.15) is 5.82 Å². The summed E-state index contributed by atoms with van der Waals surface area (Å²) >= 11 is 0. The van der Waals surface area contributed by atoms with E-state index < -0.39 is 0 Å². The molecule has 0 atom stereocenters. The second-order valence-corrected chi connectivity index (χ2v) is 4.00. The molecule has 94 valence electrons. The molecule has 0 saturated heterocycles. The van der Waals surface area contributed by atoms with E-state index in [1.165, 1.54) is 24.3 Å². The number of benzene rings is 2. The predicted molar refractivity (Wildman–Crippen MR) is 69.9 cm³/mol. The molecule has 0 aliphatic rings. The van der Waals surface area contributed by atoms with Gasteiger partial charge in [-0.3, -0.25) is 4.79 Å². The molecule has 0 aromatic heterocycles. The highest BCUT2D eigenvalue weighted by Crippen LogP contribution is 2.11. The molecule has 0 fully saturated rings. The molecular weight excluding hydrogens is 243 g/mol. The first kappa shape index (κ1) is 12.8. The van der Waals surface area contributed by atoms with Crippen LogP contribution in [0.2, 0.25) is 0 Å². The van der Waals surface area contributed by atoms with Gasteiger partial charge in [-0.25, -0.2) is 4.39 Å². The van der Waals surface area contributed by atoms with Crippen molar-refractivity contribution >= 4 is 11.6 Å². The maximum Gasteiger partial charge on any atom is 0.228 e. The molecule has 0 heterocycles. The van der Waals surface area contributed by atoms with Gasteiger partial charge in [-0.2, -0.15) is 5.26 Å². The molecule has 2 aromatic carbocycles. The molecule has 19 heavy (non-hydrogen) atoms. The Kier molecular flexibility index (Phi) is 3.89. The van der Waals surface area contributed by atoms with Crippen molar-refractivity contribution in [3.8, 4) is 6.07 Å². The van der Waals surface area contributed by atoms with Crippen LogP contribution in [0.3, 0.4) is 0 Å². The van der Waals surface area contributed by atoms with E-state index in [-0.39, 0.29) is 18.1 Å². The molecule has 0 spiro atoms. The van der Waals surface area contributed by atoms with Gasteiger partial charge in [-0.05, 0) is 35.9 Å². The van der Waals surface area contributed by atoms with Crippen molar-refractivity contribution in [2.24, 2.45) is 0 Å². The van der Waals surface area contributed by atoms with Crippen LogP contribution in [0.1, 0.15) is 11.1 Å². The van der Waals surface area contributed by atoms with E-state index in [2.05, 4.69) is 5.32 Å². The average molecular weight is 254 g/mol. The lowest BCUT2D eigenvalue weighted by atomic mass is 10.1. The number of hydrogen-bond acceptors (Lipinski definition) is 2. The Balaban J connectivity index is 2.06. The number of nitrogens with one attached hydrogen (secondary N) is 1. The van der Waals surface area contributed by atoms with Crippen molar-refractivity contribution in [3.05, 3.63) is 65.5 Å². The first-order valence-corrected chi connectivity index (χ1v) is 5.72. The zero-order valence-corrected chi connectivity index (χ0v) is 10.1. The third kappa shape index (κ3) is 3.39. The molecule has 1 N–H and O–H groups in total. The topological polar surface area (TPSA) is 52.9 Å². The molecule has 3 nitrogen and oxygen atoms in total. The number of nitriles is 1. The summed E-state index contributed by atoms with van der Waals surface area (Å²) in [4.78, 5) is 11.8. The zero-order valence-electron chi connectivity index (χ0n) is 10.1. The van der Waals surface area contributed by atoms with Gasteiger partial charge in [-0.15, -0.1) is 0 Å². The zero-order chi connectivity index (χ0) is 13.7. The molecule has 0 radical (unpaired) electrons. The lowest BCUT2D eigenvalue weighted by molar-refractivity contribution is -0.115. The van der Waals surface area contributed by atoms with E-state index in [0.717, 1.165) is 0 Å². The summed E-state index contributed by atoms with van der Waals surface area (Å²) in [5, 5.41) is 11.6. The average Bonchev–Trinajstić information content (AvgIpc) is 2.42. The lowest BCUT2D eigenvalue weighted by Crippen LogP contribution is -2.15. The van der Waals surface area contributed by atoms with Gasteiger partial charge < -0.3 is 5.32 Å². The highest BCUT2D eigenvalue weighted by Gasteiger charge is 2.07. The fraction of sp³-hybridized carbons (Fsp3) is 0.0667. The number of rotatable bonds is 3. The van der Waals surface area contributed by atoms with Crippen LogP contribution in [0.4, 0.5) is 10.1 Å². The van der Waals surface area contributed by atoms with Crippen LogP contribution in [0, 0.1) is 17.1 Å². The van der Waals surface area contributed by atoms with E-state index in [1.54, 1.807) is 24.3 Å². The van der Waals surface area contributed by atoms with Gasteiger partial charge in [0.25, 0.3) is 0 Å². The van der Waals surface area contributed by atoms with Crippen LogP contribution >= 0.6 is 0 Å². The van der Waals surface area contributed by atoms with Crippen molar-refractivity contribution in [2.45, 2.75) is 6.42 Å². The molecule has 1 amide bonds. The molecule has 2 rings (SSSR count). The van der Waals surface area contributed by atoms with E-state index in [1.807, 2.05) is 6.07 Å². The number of halogens is 1. The second-order valence-electron chi connectivity index (χ2n) is 4.00. The van der Waals surface area contributed by atoms with E-state index in [0.29, 0.717) is 16.8 Å². The third-order valence-electron chi connectivity index (χ3n) is 2.62. The van der Waals surface area contributed by atoms with Gasteiger partial charge in [0, 0.05) is 5.69 Å².